The fourth-order valence-corrected chi connectivity index (χ4v) is 7.61. The van der Waals surface area contributed by atoms with E-state index in [-0.39, 0.29) is 24.2 Å². The van der Waals surface area contributed by atoms with Crippen LogP contribution in [0.25, 0.3) is 0 Å². The Bertz CT molecular complexity index is 1230. The summed E-state index contributed by atoms with van der Waals surface area (Å²) in [5, 5.41) is 2.63. The normalized spacial score (nSPS) is 26.5. The van der Waals surface area contributed by atoms with Crippen molar-refractivity contribution in [2.45, 2.75) is 30.6 Å². The highest BCUT2D eigenvalue weighted by atomic mass is 32.2. The number of sulfonamides is 1. The summed E-state index contributed by atoms with van der Waals surface area (Å²) < 4.78 is 41.3. The minimum atomic E-state index is -3.76. The standard InChI is InChI=1S/C27H33FN4O4S/c1-30(20-9-7-19(28)8-10-20)37(35,36)22-11-12-25-23(17-22)26(33)24(18-29-25)27(34)32-15-13-31(14-16-32)21-5-3-2-4-6-21/h2-10,22-25,29H,11-18H2,1H3. The lowest BCUT2D eigenvalue weighted by molar-refractivity contribution is -0.145. The topological polar surface area (TPSA) is 90.0 Å². The quantitative estimate of drug-likeness (QED) is 0.599. The van der Waals surface area contributed by atoms with Crippen molar-refractivity contribution in [2.75, 3.05) is 49.0 Å². The van der Waals surface area contributed by atoms with Gasteiger partial charge in [0.05, 0.1) is 10.9 Å². The van der Waals surface area contributed by atoms with Gasteiger partial charge < -0.3 is 15.1 Å². The molecule has 3 aliphatic rings. The summed E-state index contributed by atoms with van der Waals surface area (Å²) in [4.78, 5) is 30.9. The van der Waals surface area contributed by atoms with E-state index in [2.05, 4.69) is 10.2 Å². The van der Waals surface area contributed by atoms with E-state index < -0.39 is 32.9 Å². The van der Waals surface area contributed by atoms with Crippen molar-refractivity contribution in [1.29, 1.82) is 0 Å². The number of benzene rings is 2. The Morgan fingerprint density at radius 3 is 2.35 bits per heavy atom. The summed E-state index contributed by atoms with van der Waals surface area (Å²) in [5.74, 6) is -2.07. The number of halogens is 1. The highest BCUT2D eigenvalue weighted by Crippen LogP contribution is 2.36. The maximum atomic E-state index is 13.5. The van der Waals surface area contributed by atoms with Crippen LogP contribution in [0.2, 0.25) is 0 Å². The number of nitrogens with zero attached hydrogens (tertiary/aromatic N) is 3. The number of carbonyl (C=O) groups is 2. The first-order chi connectivity index (χ1) is 17.8. The highest BCUT2D eigenvalue weighted by molar-refractivity contribution is 7.93. The molecule has 10 heteroatoms. The number of piperazine rings is 1. The number of hydrogen-bond donors (Lipinski definition) is 1. The third-order valence-electron chi connectivity index (χ3n) is 8.10. The summed E-state index contributed by atoms with van der Waals surface area (Å²) in [7, 11) is -2.31. The molecule has 2 aromatic carbocycles. The second kappa shape index (κ2) is 10.4. The number of para-hydroxylation sites is 1. The van der Waals surface area contributed by atoms with Crippen LogP contribution in [0.3, 0.4) is 0 Å². The zero-order valence-corrected chi connectivity index (χ0v) is 21.7. The van der Waals surface area contributed by atoms with Gasteiger partial charge in [-0.3, -0.25) is 13.9 Å². The zero-order valence-electron chi connectivity index (χ0n) is 20.9. The van der Waals surface area contributed by atoms with Crippen molar-refractivity contribution in [3.05, 3.63) is 60.4 Å². The molecule has 8 nitrogen and oxygen atoms in total. The van der Waals surface area contributed by atoms with Crippen molar-refractivity contribution in [1.82, 2.24) is 10.2 Å². The maximum Gasteiger partial charge on any atom is 0.237 e. The molecule has 3 fully saturated rings. The predicted molar refractivity (Wildman–Crippen MR) is 140 cm³/mol. The van der Waals surface area contributed by atoms with E-state index in [4.69, 9.17) is 0 Å². The van der Waals surface area contributed by atoms with Gasteiger partial charge in [0.25, 0.3) is 0 Å². The zero-order chi connectivity index (χ0) is 26.2. The molecular weight excluding hydrogens is 495 g/mol. The molecule has 2 aromatic rings. The van der Waals surface area contributed by atoms with Crippen molar-refractivity contribution >= 4 is 33.1 Å². The van der Waals surface area contributed by atoms with Crippen LogP contribution in [-0.4, -0.2) is 76.1 Å². The predicted octanol–water partition coefficient (Wildman–Crippen LogP) is 2.27. The average molecular weight is 529 g/mol. The van der Waals surface area contributed by atoms with Gasteiger partial charge in [0.1, 0.15) is 11.7 Å². The monoisotopic (exact) mass is 528 g/mol. The number of ketones is 1. The smallest absolute Gasteiger partial charge is 0.237 e. The molecule has 1 amide bonds. The molecule has 0 bridgehead atoms. The van der Waals surface area contributed by atoms with Crippen LogP contribution in [-0.2, 0) is 19.6 Å². The molecule has 2 heterocycles. The largest absolute Gasteiger partial charge is 0.368 e. The average Bonchev–Trinajstić information content (AvgIpc) is 2.93. The number of fused-ring (bicyclic) bond motifs is 1. The first kappa shape index (κ1) is 25.7. The van der Waals surface area contributed by atoms with Gasteiger partial charge in [-0.2, -0.15) is 0 Å². The van der Waals surface area contributed by atoms with Crippen LogP contribution in [0.15, 0.2) is 54.6 Å². The van der Waals surface area contributed by atoms with Gasteiger partial charge in [-0.25, -0.2) is 12.8 Å². The number of carbonyl (C=O) groups excluding carboxylic acids is 2. The van der Waals surface area contributed by atoms with E-state index in [1.54, 1.807) is 4.90 Å². The van der Waals surface area contributed by atoms with Crippen molar-refractivity contribution in [2.24, 2.45) is 11.8 Å². The molecule has 2 saturated heterocycles. The van der Waals surface area contributed by atoms with Crippen LogP contribution < -0.4 is 14.5 Å². The maximum absolute atomic E-state index is 13.5. The lowest BCUT2D eigenvalue weighted by atomic mass is 9.74. The number of anilines is 2. The molecule has 1 aliphatic carbocycles. The number of piperidine rings is 1. The molecule has 2 aliphatic heterocycles. The van der Waals surface area contributed by atoms with Gasteiger partial charge in [0.2, 0.25) is 15.9 Å². The molecule has 37 heavy (non-hydrogen) atoms. The molecule has 1 saturated carbocycles. The number of rotatable bonds is 5. The van der Waals surface area contributed by atoms with E-state index in [0.29, 0.717) is 51.3 Å². The molecular formula is C27H33FN4O4S. The van der Waals surface area contributed by atoms with Crippen molar-refractivity contribution < 1.29 is 22.4 Å². The minimum Gasteiger partial charge on any atom is -0.368 e. The van der Waals surface area contributed by atoms with Gasteiger partial charge in [-0.15, -0.1) is 0 Å². The summed E-state index contributed by atoms with van der Waals surface area (Å²) in [6, 6.07) is 15.2. The van der Waals surface area contributed by atoms with Crippen LogP contribution in [0.4, 0.5) is 15.8 Å². The number of Topliss-reactive ketones (excluding diaryl/α,β-unsaturated/α-hetero) is 1. The molecule has 0 aromatic heterocycles. The number of hydrogen-bond acceptors (Lipinski definition) is 6. The summed E-state index contributed by atoms with van der Waals surface area (Å²) >= 11 is 0. The summed E-state index contributed by atoms with van der Waals surface area (Å²) in [5.41, 5.74) is 1.49. The molecule has 0 spiro atoms. The number of amides is 1. The lowest BCUT2D eigenvalue weighted by Gasteiger charge is -2.43. The molecule has 0 radical (unpaired) electrons. The second-order valence-electron chi connectivity index (χ2n) is 10.1. The van der Waals surface area contributed by atoms with E-state index in [0.717, 1.165) is 5.69 Å². The summed E-state index contributed by atoms with van der Waals surface area (Å²) in [6.45, 7) is 2.79. The third-order valence-corrected chi connectivity index (χ3v) is 10.3. The summed E-state index contributed by atoms with van der Waals surface area (Å²) in [6.07, 6.45) is 1.15. The Labute approximate surface area is 217 Å². The fourth-order valence-electron chi connectivity index (χ4n) is 5.86. The van der Waals surface area contributed by atoms with E-state index in [9.17, 15) is 22.4 Å². The Morgan fingerprint density at radius 1 is 1.00 bits per heavy atom. The first-order valence-corrected chi connectivity index (χ1v) is 14.3. The Hall–Kier alpha value is -2.98. The lowest BCUT2D eigenvalue weighted by Crippen LogP contribution is -2.60. The molecule has 4 atom stereocenters. The van der Waals surface area contributed by atoms with Crippen LogP contribution >= 0.6 is 0 Å². The van der Waals surface area contributed by atoms with Crippen molar-refractivity contribution in [3.63, 3.8) is 0 Å². The van der Waals surface area contributed by atoms with Gasteiger partial charge in [0.15, 0.2) is 5.78 Å². The molecule has 1 N–H and O–H groups in total. The van der Waals surface area contributed by atoms with Gasteiger partial charge in [0, 0.05) is 57.4 Å². The van der Waals surface area contributed by atoms with Gasteiger partial charge >= 0.3 is 0 Å². The second-order valence-corrected chi connectivity index (χ2v) is 12.4. The third kappa shape index (κ3) is 5.09. The van der Waals surface area contributed by atoms with Crippen molar-refractivity contribution in [3.8, 4) is 0 Å². The molecule has 4 unspecified atom stereocenters. The Morgan fingerprint density at radius 2 is 1.68 bits per heavy atom. The van der Waals surface area contributed by atoms with E-state index >= 15 is 0 Å². The van der Waals surface area contributed by atoms with E-state index in [1.165, 1.54) is 35.6 Å². The van der Waals surface area contributed by atoms with Crippen LogP contribution in [0.5, 0.6) is 0 Å². The minimum absolute atomic E-state index is 0.117. The Kier molecular flexibility index (Phi) is 7.22. The van der Waals surface area contributed by atoms with Crippen LogP contribution in [0.1, 0.15) is 19.3 Å². The first-order valence-electron chi connectivity index (χ1n) is 12.8. The SMILES string of the molecule is CN(c1ccc(F)cc1)S(=O)(=O)C1CCC2NCC(C(=O)N3CCN(c4ccccc4)CC3)C(=O)C2C1. The highest BCUT2D eigenvalue weighted by Gasteiger charge is 2.48. The fraction of sp³-hybridized carbons (Fsp3) is 0.481. The molecule has 198 valence electrons. The van der Waals surface area contributed by atoms with Crippen LogP contribution in [0, 0.1) is 17.7 Å². The van der Waals surface area contributed by atoms with Gasteiger partial charge in [-0.1, -0.05) is 18.2 Å². The molecule has 5 rings (SSSR count). The Balaban J connectivity index is 1.23. The van der Waals surface area contributed by atoms with E-state index in [1.807, 2.05) is 30.3 Å². The number of nitrogens with one attached hydrogen (secondary N) is 1. The van der Waals surface area contributed by atoms with Gasteiger partial charge in [-0.05, 0) is 55.7 Å².